The van der Waals surface area contributed by atoms with Crippen molar-refractivity contribution in [2.24, 2.45) is 0 Å². The van der Waals surface area contributed by atoms with Crippen molar-refractivity contribution >= 4 is 11.6 Å². The zero-order valence-electron chi connectivity index (χ0n) is 9.55. The minimum atomic E-state index is -0.502. The van der Waals surface area contributed by atoms with E-state index in [1.165, 1.54) is 12.1 Å². The van der Waals surface area contributed by atoms with Crippen LogP contribution in [0.25, 0.3) is 22.8 Å². The van der Waals surface area contributed by atoms with E-state index in [0.717, 1.165) is 5.56 Å². The molecule has 3 aromatic rings. The van der Waals surface area contributed by atoms with E-state index >= 15 is 0 Å². The van der Waals surface area contributed by atoms with Gasteiger partial charge in [-0.15, -0.1) is 0 Å². The molecule has 94 valence electrons. The number of aromatic nitrogens is 3. The quantitative estimate of drug-likeness (QED) is 0.717. The smallest absolute Gasteiger partial charge is 0.262 e. The van der Waals surface area contributed by atoms with Crippen LogP contribution in [0.4, 0.5) is 4.39 Å². The molecule has 0 aliphatic carbocycles. The van der Waals surface area contributed by atoms with Crippen LogP contribution in [0.15, 0.2) is 47.2 Å². The Balaban J connectivity index is 2.07. The Labute approximate surface area is 112 Å². The summed E-state index contributed by atoms with van der Waals surface area (Å²) in [6.07, 6.45) is 3.23. The Morgan fingerprint density at radius 3 is 2.63 bits per heavy atom. The number of hydrogen-bond donors (Lipinski definition) is 0. The molecule has 4 nitrogen and oxygen atoms in total. The van der Waals surface area contributed by atoms with E-state index in [4.69, 9.17) is 16.1 Å². The van der Waals surface area contributed by atoms with Crippen LogP contribution in [0.2, 0.25) is 5.02 Å². The Kier molecular flexibility index (Phi) is 2.97. The molecule has 0 radical (unpaired) electrons. The SMILES string of the molecule is Fc1cccc(Cl)c1-c1nc(-c2ccncc2)no1. The number of rotatable bonds is 2. The lowest BCUT2D eigenvalue weighted by atomic mass is 10.2. The van der Waals surface area contributed by atoms with Gasteiger partial charge in [-0.25, -0.2) is 4.39 Å². The van der Waals surface area contributed by atoms with E-state index in [0.29, 0.717) is 5.82 Å². The van der Waals surface area contributed by atoms with E-state index in [1.54, 1.807) is 30.6 Å². The first-order valence-electron chi connectivity index (χ1n) is 5.44. The second-order valence-corrected chi connectivity index (χ2v) is 4.16. The first-order chi connectivity index (χ1) is 9.25. The van der Waals surface area contributed by atoms with Crippen LogP contribution in [0, 0.1) is 5.82 Å². The molecule has 0 fully saturated rings. The van der Waals surface area contributed by atoms with Gasteiger partial charge in [0.25, 0.3) is 5.89 Å². The Hall–Kier alpha value is -2.27. The van der Waals surface area contributed by atoms with E-state index in [-0.39, 0.29) is 16.5 Å². The van der Waals surface area contributed by atoms with Crippen molar-refractivity contribution in [3.63, 3.8) is 0 Å². The van der Waals surface area contributed by atoms with Gasteiger partial charge in [-0.1, -0.05) is 22.8 Å². The van der Waals surface area contributed by atoms with Crippen LogP contribution in [-0.4, -0.2) is 15.1 Å². The van der Waals surface area contributed by atoms with E-state index in [2.05, 4.69) is 15.1 Å². The topological polar surface area (TPSA) is 51.8 Å². The van der Waals surface area contributed by atoms with Crippen molar-refractivity contribution in [1.29, 1.82) is 0 Å². The summed E-state index contributed by atoms with van der Waals surface area (Å²) in [5, 5.41) is 4.03. The molecule has 0 atom stereocenters. The summed E-state index contributed by atoms with van der Waals surface area (Å²) in [5.74, 6) is -0.0935. The molecule has 0 aliphatic heterocycles. The van der Waals surface area contributed by atoms with E-state index in [1.807, 2.05) is 0 Å². The third kappa shape index (κ3) is 2.20. The monoisotopic (exact) mass is 275 g/mol. The molecule has 0 bridgehead atoms. The number of nitrogens with zero attached hydrogens (tertiary/aromatic N) is 3. The first-order valence-corrected chi connectivity index (χ1v) is 5.82. The highest BCUT2D eigenvalue weighted by Gasteiger charge is 2.17. The normalized spacial score (nSPS) is 10.6. The van der Waals surface area contributed by atoms with E-state index < -0.39 is 5.82 Å². The fourth-order valence-corrected chi connectivity index (χ4v) is 1.89. The molecule has 0 saturated carbocycles. The third-order valence-electron chi connectivity index (χ3n) is 2.54. The summed E-state index contributed by atoms with van der Waals surface area (Å²) in [7, 11) is 0. The van der Waals surface area contributed by atoms with Gasteiger partial charge in [-0.3, -0.25) is 4.98 Å². The Bertz CT molecular complexity index is 695. The summed E-state index contributed by atoms with van der Waals surface area (Å²) >= 11 is 5.94. The molecule has 0 amide bonds. The zero-order chi connectivity index (χ0) is 13.2. The van der Waals surface area contributed by atoms with Gasteiger partial charge in [0.2, 0.25) is 5.82 Å². The number of halogens is 2. The summed E-state index contributed by atoms with van der Waals surface area (Å²) in [6, 6.07) is 7.84. The van der Waals surface area contributed by atoms with Crippen molar-refractivity contribution in [3.05, 3.63) is 53.6 Å². The van der Waals surface area contributed by atoms with Gasteiger partial charge in [-0.2, -0.15) is 4.98 Å². The van der Waals surface area contributed by atoms with Gasteiger partial charge in [0, 0.05) is 18.0 Å². The number of pyridine rings is 1. The minimum absolute atomic E-state index is 0.0508. The third-order valence-corrected chi connectivity index (χ3v) is 2.86. The molecule has 0 N–H and O–H groups in total. The summed E-state index contributed by atoms with van der Waals surface area (Å²) in [4.78, 5) is 8.04. The van der Waals surface area contributed by atoms with Crippen molar-refractivity contribution in [2.45, 2.75) is 0 Å². The van der Waals surface area contributed by atoms with Gasteiger partial charge in [0.05, 0.1) is 10.6 Å². The standard InChI is InChI=1S/C13H7ClFN3O/c14-9-2-1-3-10(15)11(9)13-17-12(18-19-13)8-4-6-16-7-5-8/h1-7H. The molecule has 0 saturated heterocycles. The van der Waals surface area contributed by atoms with Crippen LogP contribution in [0.5, 0.6) is 0 Å². The lowest BCUT2D eigenvalue weighted by molar-refractivity contribution is 0.429. The molecule has 0 aliphatic rings. The lowest BCUT2D eigenvalue weighted by Gasteiger charge is -1.98. The van der Waals surface area contributed by atoms with Crippen molar-refractivity contribution in [1.82, 2.24) is 15.1 Å². The van der Waals surface area contributed by atoms with Gasteiger partial charge in [-0.05, 0) is 24.3 Å². The molecule has 2 aromatic heterocycles. The minimum Gasteiger partial charge on any atom is -0.333 e. The maximum atomic E-state index is 13.7. The molecule has 0 unspecified atom stereocenters. The van der Waals surface area contributed by atoms with Crippen LogP contribution >= 0.6 is 11.6 Å². The molecular formula is C13H7ClFN3O. The highest BCUT2D eigenvalue weighted by atomic mass is 35.5. The average molecular weight is 276 g/mol. The van der Waals surface area contributed by atoms with Gasteiger partial charge >= 0.3 is 0 Å². The highest BCUT2D eigenvalue weighted by Crippen LogP contribution is 2.30. The fourth-order valence-electron chi connectivity index (χ4n) is 1.65. The molecule has 1 aromatic carbocycles. The summed E-state index contributed by atoms with van der Waals surface area (Å²) in [6.45, 7) is 0. The molecular weight excluding hydrogens is 269 g/mol. The molecule has 3 rings (SSSR count). The first kappa shape index (κ1) is 11.8. The molecule has 6 heteroatoms. The van der Waals surface area contributed by atoms with Crippen LogP contribution in [-0.2, 0) is 0 Å². The maximum absolute atomic E-state index is 13.7. The fraction of sp³-hybridized carbons (Fsp3) is 0. The van der Waals surface area contributed by atoms with Crippen LogP contribution in [0.1, 0.15) is 0 Å². The summed E-state index contributed by atoms with van der Waals surface area (Å²) < 4.78 is 18.8. The molecule has 0 spiro atoms. The Morgan fingerprint density at radius 1 is 1.11 bits per heavy atom. The van der Waals surface area contributed by atoms with Crippen LogP contribution in [0.3, 0.4) is 0 Å². The van der Waals surface area contributed by atoms with E-state index in [9.17, 15) is 4.39 Å². The van der Waals surface area contributed by atoms with Gasteiger partial charge in [0.1, 0.15) is 5.82 Å². The number of benzene rings is 1. The largest absolute Gasteiger partial charge is 0.333 e. The Morgan fingerprint density at radius 2 is 1.89 bits per heavy atom. The van der Waals surface area contributed by atoms with Crippen molar-refractivity contribution in [3.8, 4) is 22.8 Å². The van der Waals surface area contributed by atoms with Gasteiger partial charge in [0.15, 0.2) is 0 Å². The average Bonchev–Trinajstić information content (AvgIpc) is 2.89. The second kappa shape index (κ2) is 4.78. The number of hydrogen-bond acceptors (Lipinski definition) is 4. The molecule has 2 heterocycles. The van der Waals surface area contributed by atoms with Crippen molar-refractivity contribution < 1.29 is 8.91 Å². The predicted molar refractivity (Wildman–Crippen MR) is 67.9 cm³/mol. The lowest BCUT2D eigenvalue weighted by Crippen LogP contribution is -1.86. The highest BCUT2D eigenvalue weighted by molar-refractivity contribution is 6.33. The zero-order valence-corrected chi connectivity index (χ0v) is 10.3. The van der Waals surface area contributed by atoms with Gasteiger partial charge < -0.3 is 4.52 Å². The van der Waals surface area contributed by atoms with Crippen molar-refractivity contribution in [2.75, 3.05) is 0 Å². The molecule has 19 heavy (non-hydrogen) atoms. The maximum Gasteiger partial charge on any atom is 0.262 e. The summed E-state index contributed by atoms with van der Waals surface area (Å²) in [5.41, 5.74) is 0.842. The second-order valence-electron chi connectivity index (χ2n) is 3.76. The van der Waals surface area contributed by atoms with Crippen LogP contribution < -0.4 is 0 Å². The predicted octanol–water partition coefficient (Wildman–Crippen LogP) is 3.59.